The summed E-state index contributed by atoms with van der Waals surface area (Å²) in [5, 5.41) is 3.28. The van der Waals surface area contributed by atoms with E-state index in [0.29, 0.717) is 12.5 Å². The maximum absolute atomic E-state index is 12.1. The number of nitrogens with zero attached hydrogens (tertiary/aromatic N) is 1. The van der Waals surface area contributed by atoms with Crippen LogP contribution in [0.4, 0.5) is 0 Å². The van der Waals surface area contributed by atoms with Crippen molar-refractivity contribution in [3.63, 3.8) is 0 Å². The van der Waals surface area contributed by atoms with Crippen LogP contribution in [0.15, 0.2) is 12.7 Å². The largest absolute Gasteiger partial charge is 0.339 e. The fourth-order valence-electron chi connectivity index (χ4n) is 2.04. The van der Waals surface area contributed by atoms with Crippen molar-refractivity contribution in [3.8, 4) is 0 Å². The zero-order valence-electron chi connectivity index (χ0n) is 9.67. The van der Waals surface area contributed by atoms with Crippen LogP contribution in [0.25, 0.3) is 0 Å². The van der Waals surface area contributed by atoms with E-state index < -0.39 is 0 Å². The van der Waals surface area contributed by atoms with Gasteiger partial charge in [-0.05, 0) is 25.8 Å². The van der Waals surface area contributed by atoms with Crippen molar-refractivity contribution in [2.75, 3.05) is 26.2 Å². The molecule has 1 aliphatic rings. The summed E-state index contributed by atoms with van der Waals surface area (Å²) < 4.78 is 0. The molecule has 0 bridgehead atoms. The average Bonchev–Trinajstić information content (AvgIpc) is 2.29. The molecule has 0 unspecified atom stereocenters. The first-order valence-corrected chi connectivity index (χ1v) is 5.90. The molecule has 1 fully saturated rings. The van der Waals surface area contributed by atoms with Gasteiger partial charge in [0.05, 0.1) is 5.92 Å². The van der Waals surface area contributed by atoms with E-state index in [1.165, 1.54) is 0 Å². The number of carbonyl (C=O) groups excluding carboxylic acids is 1. The fourth-order valence-corrected chi connectivity index (χ4v) is 2.04. The van der Waals surface area contributed by atoms with Crippen LogP contribution in [0, 0.1) is 5.92 Å². The van der Waals surface area contributed by atoms with Gasteiger partial charge in [0.15, 0.2) is 0 Å². The van der Waals surface area contributed by atoms with E-state index >= 15 is 0 Å². The molecule has 1 N–H and O–H groups in total. The molecule has 1 atom stereocenters. The minimum absolute atomic E-state index is 0.185. The summed E-state index contributed by atoms with van der Waals surface area (Å²) >= 11 is 0. The summed E-state index contributed by atoms with van der Waals surface area (Å²) in [7, 11) is 0. The van der Waals surface area contributed by atoms with Crippen molar-refractivity contribution in [1.29, 1.82) is 0 Å². The predicted octanol–water partition coefficient (Wildman–Crippen LogP) is 1.41. The molecule has 1 heterocycles. The van der Waals surface area contributed by atoms with Crippen LogP contribution < -0.4 is 5.32 Å². The van der Waals surface area contributed by atoms with E-state index in [1.54, 1.807) is 0 Å². The molecular formula is C12H22N2O. The molecule has 1 amide bonds. The molecule has 1 rings (SSSR count). The zero-order valence-corrected chi connectivity index (χ0v) is 9.67. The highest BCUT2D eigenvalue weighted by molar-refractivity contribution is 5.79. The van der Waals surface area contributed by atoms with Gasteiger partial charge in [-0.1, -0.05) is 13.0 Å². The Hall–Kier alpha value is -0.830. The molecule has 86 valence electrons. The second-order valence-electron chi connectivity index (χ2n) is 4.12. The fraction of sp³-hybridized carbons (Fsp3) is 0.750. The van der Waals surface area contributed by atoms with E-state index in [1.807, 2.05) is 11.0 Å². The van der Waals surface area contributed by atoms with Crippen molar-refractivity contribution in [3.05, 3.63) is 12.7 Å². The Bertz CT molecular complexity index is 210. The number of hydrogen-bond donors (Lipinski definition) is 1. The monoisotopic (exact) mass is 210 g/mol. The second-order valence-corrected chi connectivity index (χ2v) is 4.12. The lowest BCUT2D eigenvalue weighted by Gasteiger charge is -2.28. The van der Waals surface area contributed by atoms with Crippen molar-refractivity contribution < 1.29 is 4.79 Å². The molecule has 0 aromatic heterocycles. The highest BCUT2D eigenvalue weighted by atomic mass is 16.2. The maximum atomic E-state index is 12.1. The zero-order chi connectivity index (χ0) is 11.1. The Kier molecular flexibility index (Phi) is 5.40. The topological polar surface area (TPSA) is 32.3 Å². The standard InChI is InChI=1S/C12H22N2O/c1-3-8-14(9-4-2)12(15)11-6-5-7-13-10-11/h3,11,13H,1,4-10H2,2H3/t11-/m1/s1. The van der Waals surface area contributed by atoms with Crippen molar-refractivity contribution >= 4 is 5.91 Å². The van der Waals surface area contributed by atoms with Gasteiger partial charge in [0.25, 0.3) is 0 Å². The number of rotatable bonds is 5. The Balaban J connectivity index is 2.48. The highest BCUT2D eigenvalue weighted by Gasteiger charge is 2.24. The van der Waals surface area contributed by atoms with Gasteiger partial charge in [-0.25, -0.2) is 0 Å². The SMILES string of the molecule is C=CCN(CCC)C(=O)[C@@H]1CCCNC1. The van der Waals surface area contributed by atoms with Gasteiger partial charge in [-0.15, -0.1) is 6.58 Å². The molecule has 1 aliphatic heterocycles. The van der Waals surface area contributed by atoms with Gasteiger partial charge in [0.2, 0.25) is 5.91 Å². The third kappa shape index (κ3) is 3.67. The van der Waals surface area contributed by atoms with E-state index in [9.17, 15) is 4.79 Å². The Morgan fingerprint density at radius 1 is 1.67 bits per heavy atom. The van der Waals surface area contributed by atoms with Crippen molar-refractivity contribution in [2.45, 2.75) is 26.2 Å². The Morgan fingerprint density at radius 3 is 3.00 bits per heavy atom. The molecule has 0 aromatic rings. The minimum Gasteiger partial charge on any atom is -0.339 e. The second kappa shape index (κ2) is 6.62. The maximum Gasteiger partial charge on any atom is 0.227 e. The van der Waals surface area contributed by atoms with Crippen LogP contribution in [0.3, 0.4) is 0 Å². The Morgan fingerprint density at radius 2 is 2.47 bits per heavy atom. The first-order chi connectivity index (χ1) is 7.29. The number of piperidine rings is 1. The molecule has 3 nitrogen and oxygen atoms in total. The molecule has 15 heavy (non-hydrogen) atoms. The van der Waals surface area contributed by atoms with Gasteiger partial charge < -0.3 is 10.2 Å². The summed E-state index contributed by atoms with van der Waals surface area (Å²) in [5.74, 6) is 0.481. The Labute approximate surface area is 92.5 Å². The van der Waals surface area contributed by atoms with Gasteiger partial charge in [0, 0.05) is 19.6 Å². The van der Waals surface area contributed by atoms with Crippen LogP contribution in [-0.2, 0) is 4.79 Å². The van der Waals surface area contributed by atoms with E-state index in [-0.39, 0.29) is 5.92 Å². The summed E-state index contributed by atoms with van der Waals surface area (Å²) in [6.07, 6.45) is 4.97. The molecule has 0 spiro atoms. The lowest BCUT2D eigenvalue weighted by Crippen LogP contribution is -2.43. The molecule has 3 heteroatoms. The smallest absolute Gasteiger partial charge is 0.227 e. The quantitative estimate of drug-likeness (QED) is 0.696. The molecule has 1 saturated heterocycles. The molecule has 0 aliphatic carbocycles. The van der Waals surface area contributed by atoms with Crippen LogP contribution in [0.2, 0.25) is 0 Å². The number of hydrogen-bond acceptors (Lipinski definition) is 2. The first kappa shape index (κ1) is 12.2. The molecule has 0 radical (unpaired) electrons. The van der Waals surface area contributed by atoms with Crippen LogP contribution >= 0.6 is 0 Å². The van der Waals surface area contributed by atoms with Crippen LogP contribution in [0.1, 0.15) is 26.2 Å². The molecular weight excluding hydrogens is 188 g/mol. The van der Waals surface area contributed by atoms with Gasteiger partial charge in [-0.3, -0.25) is 4.79 Å². The summed E-state index contributed by atoms with van der Waals surface area (Å²) in [5.41, 5.74) is 0. The van der Waals surface area contributed by atoms with Crippen molar-refractivity contribution in [1.82, 2.24) is 10.2 Å². The van der Waals surface area contributed by atoms with Gasteiger partial charge >= 0.3 is 0 Å². The van der Waals surface area contributed by atoms with Crippen molar-refractivity contribution in [2.24, 2.45) is 5.92 Å². The number of amides is 1. The number of carbonyl (C=O) groups is 1. The van der Waals surface area contributed by atoms with E-state index in [0.717, 1.165) is 38.9 Å². The van der Waals surface area contributed by atoms with Crippen LogP contribution in [0.5, 0.6) is 0 Å². The lowest BCUT2D eigenvalue weighted by molar-refractivity contribution is -0.135. The molecule has 0 aromatic carbocycles. The highest BCUT2D eigenvalue weighted by Crippen LogP contribution is 2.13. The number of nitrogens with one attached hydrogen (secondary N) is 1. The minimum atomic E-state index is 0.185. The lowest BCUT2D eigenvalue weighted by atomic mass is 9.98. The summed E-state index contributed by atoms with van der Waals surface area (Å²) in [4.78, 5) is 14.0. The summed E-state index contributed by atoms with van der Waals surface area (Å²) in [6, 6.07) is 0. The summed E-state index contributed by atoms with van der Waals surface area (Å²) in [6.45, 7) is 9.23. The third-order valence-electron chi connectivity index (χ3n) is 2.80. The van der Waals surface area contributed by atoms with Gasteiger partial charge in [-0.2, -0.15) is 0 Å². The van der Waals surface area contributed by atoms with Crippen LogP contribution in [-0.4, -0.2) is 37.0 Å². The predicted molar refractivity (Wildman–Crippen MR) is 62.7 cm³/mol. The molecule has 0 saturated carbocycles. The third-order valence-corrected chi connectivity index (χ3v) is 2.80. The van der Waals surface area contributed by atoms with E-state index in [4.69, 9.17) is 0 Å². The van der Waals surface area contributed by atoms with Gasteiger partial charge in [0.1, 0.15) is 0 Å². The normalized spacial score (nSPS) is 21.0. The van der Waals surface area contributed by atoms with E-state index in [2.05, 4.69) is 18.8 Å². The average molecular weight is 210 g/mol. The first-order valence-electron chi connectivity index (χ1n) is 5.90.